The zero-order valence-corrected chi connectivity index (χ0v) is 8.86. The SMILES string of the molecule is CCC(C)OCc1ccnc(CN)c1. The van der Waals surface area contributed by atoms with E-state index >= 15 is 0 Å². The fourth-order valence-corrected chi connectivity index (χ4v) is 1.09. The molecule has 0 radical (unpaired) electrons. The predicted molar refractivity (Wildman–Crippen MR) is 56.7 cm³/mol. The highest BCUT2D eigenvalue weighted by molar-refractivity contribution is 5.15. The average Bonchev–Trinajstić information content (AvgIpc) is 2.26. The van der Waals surface area contributed by atoms with Crippen LogP contribution in [0.2, 0.25) is 0 Å². The summed E-state index contributed by atoms with van der Waals surface area (Å²) in [6.45, 7) is 5.31. The van der Waals surface area contributed by atoms with Crippen LogP contribution in [0.15, 0.2) is 18.3 Å². The Balaban J connectivity index is 2.50. The first-order chi connectivity index (χ1) is 6.76. The fraction of sp³-hybridized carbons (Fsp3) is 0.545. The summed E-state index contributed by atoms with van der Waals surface area (Å²) < 4.78 is 5.61. The van der Waals surface area contributed by atoms with Crippen LogP contribution in [0.25, 0.3) is 0 Å². The Bertz CT molecular complexity index is 276. The Hall–Kier alpha value is -0.930. The van der Waals surface area contributed by atoms with Crippen molar-refractivity contribution in [2.24, 2.45) is 5.73 Å². The summed E-state index contributed by atoms with van der Waals surface area (Å²) in [4.78, 5) is 4.12. The number of ether oxygens (including phenoxy) is 1. The Morgan fingerprint density at radius 3 is 3.00 bits per heavy atom. The number of aromatic nitrogens is 1. The van der Waals surface area contributed by atoms with Crippen LogP contribution >= 0.6 is 0 Å². The van der Waals surface area contributed by atoms with Crippen molar-refractivity contribution in [3.05, 3.63) is 29.6 Å². The highest BCUT2D eigenvalue weighted by atomic mass is 16.5. The molecule has 3 heteroatoms. The summed E-state index contributed by atoms with van der Waals surface area (Å²) in [5.41, 5.74) is 7.55. The molecule has 0 saturated carbocycles. The highest BCUT2D eigenvalue weighted by Gasteiger charge is 2.00. The fourth-order valence-electron chi connectivity index (χ4n) is 1.09. The van der Waals surface area contributed by atoms with Crippen LogP contribution in [0.5, 0.6) is 0 Å². The van der Waals surface area contributed by atoms with E-state index in [-0.39, 0.29) is 0 Å². The van der Waals surface area contributed by atoms with Gasteiger partial charge in [0, 0.05) is 12.7 Å². The van der Waals surface area contributed by atoms with Crippen LogP contribution in [0.1, 0.15) is 31.5 Å². The second kappa shape index (κ2) is 5.73. The van der Waals surface area contributed by atoms with Crippen LogP contribution in [0, 0.1) is 0 Å². The first-order valence-corrected chi connectivity index (χ1v) is 5.01. The second-order valence-corrected chi connectivity index (χ2v) is 3.39. The lowest BCUT2D eigenvalue weighted by atomic mass is 10.2. The molecule has 0 spiro atoms. The Morgan fingerprint density at radius 1 is 1.57 bits per heavy atom. The molecule has 0 fully saturated rings. The van der Waals surface area contributed by atoms with Crippen LogP contribution in [0.4, 0.5) is 0 Å². The molecule has 78 valence electrons. The van der Waals surface area contributed by atoms with Gasteiger partial charge in [-0.2, -0.15) is 0 Å². The minimum absolute atomic E-state index is 0.310. The lowest BCUT2D eigenvalue weighted by molar-refractivity contribution is 0.0508. The summed E-state index contributed by atoms with van der Waals surface area (Å²) >= 11 is 0. The van der Waals surface area contributed by atoms with Gasteiger partial charge in [0.05, 0.1) is 18.4 Å². The van der Waals surface area contributed by atoms with Gasteiger partial charge in [-0.3, -0.25) is 4.98 Å². The average molecular weight is 194 g/mol. The number of hydrogen-bond acceptors (Lipinski definition) is 3. The molecule has 0 aliphatic carbocycles. The number of pyridine rings is 1. The molecule has 0 aliphatic rings. The monoisotopic (exact) mass is 194 g/mol. The molecular formula is C11H18N2O. The van der Waals surface area contributed by atoms with E-state index in [1.807, 2.05) is 12.1 Å². The lowest BCUT2D eigenvalue weighted by Gasteiger charge is -2.10. The van der Waals surface area contributed by atoms with E-state index in [1.165, 1.54) is 0 Å². The quantitative estimate of drug-likeness (QED) is 0.778. The largest absolute Gasteiger partial charge is 0.374 e. The summed E-state index contributed by atoms with van der Waals surface area (Å²) in [5, 5.41) is 0. The molecule has 0 saturated heterocycles. The van der Waals surface area contributed by atoms with E-state index < -0.39 is 0 Å². The molecule has 0 bridgehead atoms. The Morgan fingerprint density at radius 2 is 2.36 bits per heavy atom. The van der Waals surface area contributed by atoms with Gasteiger partial charge in [0.15, 0.2) is 0 Å². The van der Waals surface area contributed by atoms with E-state index in [4.69, 9.17) is 10.5 Å². The molecule has 14 heavy (non-hydrogen) atoms. The Kier molecular flexibility index (Phi) is 4.56. The third-order valence-electron chi connectivity index (χ3n) is 2.20. The lowest BCUT2D eigenvalue weighted by Crippen LogP contribution is -2.07. The first kappa shape index (κ1) is 11.1. The van der Waals surface area contributed by atoms with Gasteiger partial charge < -0.3 is 10.5 Å². The van der Waals surface area contributed by atoms with Crippen LogP contribution in [-0.2, 0) is 17.9 Å². The third-order valence-corrected chi connectivity index (χ3v) is 2.20. The van der Waals surface area contributed by atoms with Crippen LogP contribution < -0.4 is 5.73 Å². The molecule has 1 aromatic heterocycles. The predicted octanol–water partition coefficient (Wildman–Crippen LogP) is 1.86. The normalized spacial score (nSPS) is 12.8. The molecule has 1 unspecified atom stereocenters. The van der Waals surface area contributed by atoms with Gasteiger partial charge >= 0.3 is 0 Å². The second-order valence-electron chi connectivity index (χ2n) is 3.39. The third kappa shape index (κ3) is 3.44. The number of hydrogen-bond donors (Lipinski definition) is 1. The van der Waals surface area contributed by atoms with Gasteiger partial charge in [-0.15, -0.1) is 0 Å². The topological polar surface area (TPSA) is 48.1 Å². The molecule has 1 rings (SSSR count). The Labute approximate surface area is 85.3 Å². The smallest absolute Gasteiger partial charge is 0.0721 e. The van der Waals surface area contributed by atoms with Crippen molar-refractivity contribution in [1.29, 1.82) is 0 Å². The van der Waals surface area contributed by atoms with Gasteiger partial charge in [0.1, 0.15) is 0 Å². The van der Waals surface area contributed by atoms with E-state index in [0.717, 1.165) is 17.7 Å². The van der Waals surface area contributed by atoms with Crippen LogP contribution in [0.3, 0.4) is 0 Å². The standard InChI is InChI=1S/C11H18N2O/c1-3-9(2)14-8-10-4-5-13-11(6-10)7-12/h4-6,9H,3,7-8,12H2,1-2H3. The molecule has 1 aromatic rings. The highest BCUT2D eigenvalue weighted by Crippen LogP contribution is 2.06. The summed E-state index contributed by atoms with van der Waals surface area (Å²) in [6, 6.07) is 3.95. The van der Waals surface area contributed by atoms with Crippen molar-refractivity contribution < 1.29 is 4.74 Å². The van der Waals surface area contributed by atoms with Crippen molar-refractivity contribution in [1.82, 2.24) is 4.98 Å². The van der Waals surface area contributed by atoms with Crippen molar-refractivity contribution in [3.63, 3.8) is 0 Å². The summed E-state index contributed by atoms with van der Waals surface area (Å²) in [6.07, 6.45) is 3.12. The van der Waals surface area contributed by atoms with E-state index in [1.54, 1.807) is 6.20 Å². The van der Waals surface area contributed by atoms with E-state index in [0.29, 0.717) is 19.3 Å². The van der Waals surface area contributed by atoms with E-state index in [9.17, 15) is 0 Å². The maximum atomic E-state index is 5.61. The number of nitrogens with two attached hydrogens (primary N) is 1. The minimum Gasteiger partial charge on any atom is -0.374 e. The van der Waals surface area contributed by atoms with E-state index in [2.05, 4.69) is 18.8 Å². The molecule has 2 N–H and O–H groups in total. The molecule has 1 heterocycles. The van der Waals surface area contributed by atoms with Gasteiger partial charge in [-0.05, 0) is 31.0 Å². The minimum atomic E-state index is 0.310. The molecule has 0 amide bonds. The zero-order valence-electron chi connectivity index (χ0n) is 8.86. The van der Waals surface area contributed by atoms with Crippen molar-refractivity contribution in [2.45, 2.75) is 39.5 Å². The molecule has 0 aliphatic heterocycles. The van der Waals surface area contributed by atoms with Crippen molar-refractivity contribution in [3.8, 4) is 0 Å². The van der Waals surface area contributed by atoms with Gasteiger partial charge in [-0.25, -0.2) is 0 Å². The maximum absolute atomic E-state index is 5.61. The van der Waals surface area contributed by atoms with Gasteiger partial charge in [0.25, 0.3) is 0 Å². The molecule has 3 nitrogen and oxygen atoms in total. The van der Waals surface area contributed by atoms with Crippen molar-refractivity contribution in [2.75, 3.05) is 0 Å². The van der Waals surface area contributed by atoms with Crippen LogP contribution in [-0.4, -0.2) is 11.1 Å². The summed E-state index contributed by atoms with van der Waals surface area (Å²) in [7, 11) is 0. The van der Waals surface area contributed by atoms with Gasteiger partial charge in [0.2, 0.25) is 0 Å². The number of nitrogens with zero attached hydrogens (tertiary/aromatic N) is 1. The van der Waals surface area contributed by atoms with Crippen molar-refractivity contribution >= 4 is 0 Å². The zero-order chi connectivity index (χ0) is 10.4. The number of rotatable bonds is 5. The maximum Gasteiger partial charge on any atom is 0.0721 e. The first-order valence-electron chi connectivity index (χ1n) is 5.01. The molecule has 0 aromatic carbocycles. The molecular weight excluding hydrogens is 176 g/mol. The molecule has 1 atom stereocenters. The van der Waals surface area contributed by atoms with Gasteiger partial charge in [-0.1, -0.05) is 6.92 Å². The summed E-state index contributed by atoms with van der Waals surface area (Å²) in [5.74, 6) is 0.